The van der Waals surface area contributed by atoms with Crippen LogP contribution < -0.4 is 10.7 Å². The third kappa shape index (κ3) is 6.14. The molecule has 0 aromatic heterocycles. The van der Waals surface area contributed by atoms with Crippen molar-refractivity contribution in [2.45, 2.75) is 26.3 Å². The number of carbonyl (C=O) groups is 2. The molecule has 21 heavy (non-hydrogen) atoms. The normalized spacial score (nSPS) is 12.3. The molecule has 0 saturated heterocycles. The van der Waals surface area contributed by atoms with E-state index in [0.717, 1.165) is 0 Å². The van der Waals surface area contributed by atoms with Gasteiger partial charge in [0.1, 0.15) is 6.04 Å². The van der Waals surface area contributed by atoms with E-state index in [0.29, 0.717) is 17.0 Å². The molecule has 0 aliphatic rings. The van der Waals surface area contributed by atoms with Crippen molar-refractivity contribution >= 4 is 23.4 Å². The van der Waals surface area contributed by atoms with E-state index < -0.39 is 6.04 Å². The Labute approximate surface area is 130 Å². The van der Waals surface area contributed by atoms with Gasteiger partial charge in [-0.3, -0.25) is 15.0 Å². The van der Waals surface area contributed by atoms with E-state index in [1.165, 1.54) is 0 Å². The lowest BCUT2D eigenvalue weighted by Crippen LogP contribution is -2.50. The van der Waals surface area contributed by atoms with Crippen LogP contribution in [-0.4, -0.2) is 37.0 Å². The molecule has 0 aliphatic heterocycles. The van der Waals surface area contributed by atoms with Gasteiger partial charge in [-0.05, 0) is 36.6 Å². The molecule has 116 valence electrons. The molecule has 1 rings (SSSR count). The number of halogens is 1. The Balaban J connectivity index is 2.77. The number of hydrogen-bond acceptors (Lipinski definition) is 3. The number of amides is 2. The number of rotatable bonds is 6. The lowest BCUT2D eigenvalue weighted by Gasteiger charge is -2.22. The number of benzene rings is 1. The summed E-state index contributed by atoms with van der Waals surface area (Å²) in [6, 6.07) is 5.99. The van der Waals surface area contributed by atoms with E-state index in [9.17, 15) is 9.59 Å². The van der Waals surface area contributed by atoms with Crippen molar-refractivity contribution in [1.82, 2.24) is 15.8 Å². The second kappa shape index (κ2) is 8.00. The Bertz CT molecular complexity index is 486. The number of hydrazine groups is 1. The maximum atomic E-state index is 12.2. The summed E-state index contributed by atoms with van der Waals surface area (Å²) in [7, 11) is 3.46. The molecule has 1 atom stereocenters. The van der Waals surface area contributed by atoms with Crippen LogP contribution in [-0.2, 0) is 4.79 Å². The second-order valence-electron chi connectivity index (χ2n) is 5.53. The summed E-state index contributed by atoms with van der Waals surface area (Å²) in [5, 5.41) is 4.89. The highest BCUT2D eigenvalue weighted by Gasteiger charge is 2.22. The Hall–Kier alpha value is -1.59. The van der Waals surface area contributed by atoms with Crippen LogP contribution in [0.3, 0.4) is 0 Å². The predicted octanol–water partition coefficient (Wildman–Crippen LogP) is 2.08. The topological polar surface area (TPSA) is 61.4 Å². The molecule has 0 spiro atoms. The second-order valence-corrected chi connectivity index (χ2v) is 5.97. The number of nitrogens with one attached hydrogen (secondary N) is 2. The van der Waals surface area contributed by atoms with E-state index in [4.69, 9.17) is 11.6 Å². The predicted molar refractivity (Wildman–Crippen MR) is 84.0 cm³/mol. The molecule has 6 heteroatoms. The molecule has 0 saturated carbocycles. The summed E-state index contributed by atoms with van der Waals surface area (Å²) in [5.74, 6) is -0.226. The summed E-state index contributed by atoms with van der Waals surface area (Å²) < 4.78 is 0. The van der Waals surface area contributed by atoms with Crippen molar-refractivity contribution in [2.24, 2.45) is 5.92 Å². The summed E-state index contributed by atoms with van der Waals surface area (Å²) in [6.45, 7) is 4.01. The molecule has 0 unspecified atom stereocenters. The quantitative estimate of drug-likeness (QED) is 0.791. The van der Waals surface area contributed by atoms with Gasteiger partial charge >= 0.3 is 0 Å². The van der Waals surface area contributed by atoms with Crippen LogP contribution in [0.5, 0.6) is 0 Å². The minimum atomic E-state index is -0.574. The third-order valence-electron chi connectivity index (χ3n) is 2.77. The Morgan fingerprint density at radius 1 is 1.19 bits per heavy atom. The lowest BCUT2D eigenvalue weighted by atomic mass is 10.0. The lowest BCUT2D eigenvalue weighted by molar-refractivity contribution is -0.127. The molecule has 0 bridgehead atoms. The van der Waals surface area contributed by atoms with E-state index in [2.05, 4.69) is 10.7 Å². The number of nitrogens with zero attached hydrogens (tertiary/aromatic N) is 1. The fourth-order valence-electron chi connectivity index (χ4n) is 1.84. The standard InChI is InChI=1S/C15H22ClN3O2/c1-10(2)9-13(15(21)18-19(3)4)17-14(20)11-5-7-12(16)8-6-11/h5-8,10,13H,9H2,1-4H3,(H,17,20)(H,18,21)/t13-/m1/s1. The van der Waals surface area contributed by atoms with E-state index >= 15 is 0 Å². The van der Waals surface area contributed by atoms with Gasteiger partial charge < -0.3 is 5.32 Å². The Morgan fingerprint density at radius 2 is 1.76 bits per heavy atom. The molecule has 0 heterocycles. The zero-order chi connectivity index (χ0) is 16.0. The van der Waals surface area contributed by atoms with Crippen LogP contribution in [0.15, 0.2) is 24.3 Å². The van der Waals surface area contributed by atoms with Gasteiger partial charge in [0.05, 0.1) is 0 Å². The van der Waals surface area contributed by atoms with Crippen LogP contribution in [0.1, 0.15) is 30.6 Å². The monoisotopic (exact) mass is 311 g/mol. The maximum absolute atomic E-state index is 12.2. The molecular weight excluding hydrogens is 290 g/mol. The van der Waals surface area contributed by atoms with Gasteiger partial charge in [0, 0.05) is 24.7 Å². The van der Waals surface area contributed by atoms with Crippen molar-refractivity contribution in [2.75, 3.05) is 14.1 Å². The molecule has 0 radical (unpaired) electrons. The molecule has 2 amide bonds. The molecular formula is C15H22ClN3O2. The largest absolute Gasteiger partial charge is 0.340 e. The SMILES string of the molecule is CC(C)C[C@@H](NC(=O)c1ccc(Cl)cc1)C(=O)NN(C)C. The van der Waals surface area contributed by atoms with Crippen LogP contribution >= 0.6 is 11.6 Å². The first kappa shape index (κ1) is 17.5. The Kier molecular flexibility index (Phi) is 6.65. The van der Waals surface area contributed by atoms with Crippen LogP contribution in [0.4, 0.5) is 0 Å². The molecule has 1 aromatic rings. The fourth-order valence-corrected chi connectivity index (χ4v) is 1.97. The van der Waals surface area contributed by atoms with Crippen LogP contribution in [0, 0.1) is 5.92 Å². The van der Waals surface area contributed by atoms with Crippen LogP contribution in [0.25, 0.3) is 0 Å². The smallest absolute Gasteiger partial charge is 0.256 e. The van der Waals surface area contributed by atoms with Gasteiger partial charge in [0.15, 0.2) is 0 Å². The molecule has 5 nitrogen and oxygen atoms in total. The van der Waals surface area contributed by atoms with E-state index in [-0.39, 0.29) is 17.7 Å². The number of hydrogen-bond donors (Lipinski definition) is 2. The zero-order valence-corrected chi connectivity index (χ0v) is 13.6. The summed E-state index contributed by atoms with van der Waals surface area (Å²) in [4.78, 5) is 24.3. The molecule has 0 aliphatic carbocycles. The van der Waals surface area contributed by atoms with Gasteiger partial charge in [-0.15, -0.1) is 0 Å². The van der Waals surface area contributed by atoms with E-state index in [1.54, 1.807) is 43.4 Å². The van der Waals surface area contributed by atoms with Crippen molar-refractivity contribution in [1.29, 1.82) is 0 Å². The third-order valence-corrected chi connectivity index (χ3v) is 3.02. The van der Waals surface area contributed by atoms with Crippen molar-refractivity contribution < 1.29 is 9.59 Å². The molecule has 1 aromatic carbocycles. The van der Waals surface area contributed by atoms with Gasteiger partial charge in [-0.1, -0.05) is 25.4 Å². The van der Waals surface area contributed by atoms with Gasteiger partial charge in [0.25, 0.3) is 11.8 Å². The Morgan fingerprint density at radius 3 is 2.24 bits per heavy atom. The van der Waals surface area contributed by atoms with Crippen molar-refractivity contribution in [3.05, 3.63) is 34.9 Å². The van der Waals surface area contributed by atoms with Crippen molar-refractivity contribution in [3.8, 4) is 0 Å². The van der Waals surface area contributed by atoms with Gasteiger partial charge in [0.2, 0.25) is 0 Å². The highest BCUT2D eigenvalue weighted by molar-refractivity contribution is 6.30. The number of carbonyl (C=O) groups excluding carboxylic acids is 2. The summed E-state index contributed by atoms with van der Waals surface area (Å²) >= 11 is 5.80. The first-order chi connectivity index (χ1) is 9.79. The average Bonchev–Trinajstić information content (AvgIpc) is 2.37. The minimum Gasteiger partial charge on any atom is -0.340 e. The highest BCUT2D eigenvalue weighted by Crippen LogP contribution is 2.11. The molecule has 2 N–H and O–H groups in total. The highest BCUT2D eigenvalue weighted by atomic mass is 35.5. The van der Waals surface area contributed by atoms with Crippen LogP contribution in [0.2, 0.25) is 5.02 Å². The fraction of sp³-hybridized carbons (Fsp3) is 0.467. The van der Waals surface area contributed by atoms with Gasteiger partial charge in [-0.25, -0.2) is 5.01 Å². The summed E-state index contributed by atoms with van der Waals surface area (Å²) in [5.41, 5.74) is 3.15. The van der Waals surface area contributed by atoms with Gasteiger partial charge in [-0.2, -0.15) is 0 Å². The van der Waals surface area contributed by atoms with E-state index in [1.807, 2.05) is 13.8 Å². The average molecular weight is 312 g/mol. The maximum Gasteiger partial charge on any atom is 0.256 e. The zero-order valence-electron chi connectivity index (χ0n) is 12.8. The minimum absolute atomic E-state index is 0.226. The summed E-state index contributed by atoms with van der Waals surface area (Å²) in [6.07, 6.45) is 0.568. The van der Waals surface area contributed by atoms with Crippen molar-refractivity contribution in [3.63, 3.8) is 0 Å². The molecule has 0 fully saturated rings. The first-order valence-corrected chi connectivity index (χ1v) is 7.21. The first-order valence-electron chi connectivity index (χ1n) is 6.84.